The van der Waals surface area contributed by atoms with E-state index in [0.29, 0.717) is 11.3 Å². The van der Waals surface area contributed by atoms with E-state index in [-0.39, 0.29) is 17.4 Å². The third-order valence-corrected chi connectivity index (χ3v) is 4.94. The first-order chi connectivity index (χ1) is 12.5. The standard InChI is InChI=1S/C21H24N2O3/c1-15-7-8-18(13-19(15)21(25)26)22-20(24)17-9-11-23(12-10-17)14-16-5-3-2-4-6-16/h2-8,13,17H,9-12,14H2,1H3,(H,22,24)(H,25,26). The van der Waals surface area contributed by atoms with Crippen LogP contribution in [-0.2, 0) is 11.3 Å². The Kier molecular flexibility index (Phi) is 5.68. The molecule has 0 bridgehead atoms. The average Bonchev–Trinajstić information content (AvgIpc) is 2.64. The number of aryl methyl sites for hydroxylation is 1. The van der Waals surface area contributed by atoms with Crippen LogP contribution in [0.15, 0.2) is 48.5 Å². The lowest BCUT2D eigenvalue weighted by Gasteiger charge is -2.31. The Hall–Kier alpha value is -2.66. The summed E-state index contributed by atoms with van der Waals surface area (Å²) >= 11 is 0. The molecule has 0 aromatic heterocycles. The molecular weight excluding hydrogens is 328 g/mol. The highest BCUT2D eigenvalue weighted by Gasteiger charge is 2.25. The molecule has 2 aromatic carbocycles. The van der Waals surface area contributed by atoms with E-state index < -0.39 is 5.97 Å². The van der Waals surface area contributed by atoms with E-state index in [1.54, 1.807) is 19.1 Å². The van der Waals surface area contributed by atoms with Gasteiger partial charge in [-0.2, -0.15) is 0 Å². The van der Waals surface area contributed by atoms with Gasteiger partial charge in [0.1, 0.15) is 0 Å². The maximum Gasteiger partial charge on any atom is 0.336 e. The first-order valence-electron chi connectivity index (χ1n) is 8.94. The number of rotatable bonds is 5. The number of carboxylic acid groups (broad SMARTS) is 1. The number of carboxylic acids is 1. The lowest BCUT2D eigenvalue weighted by Crippen LogP contribution is -2.37. The van der Waals surface area contributed by atoms with Crippen LogP contribution in [0, 0.1) is 12.8 Å². The second-order valence-electron chi connectivity index (χ2n) is 6.86. The number of nitrogens with zero attached hydrogens (tertiary/aromatic N) is 1. The molecule has 0 unspecified atom stereocenters. The van der Waals surface area contributed by atoms with Crippen LogP contribution in [0.4, 0.5) is 5.69 Å². The lowest BCUT2D eigenvalue weighted by molar-refractivity contribution is -0.121. The summed E-state index contributed by atoms with van der Waals surface area (Å²) < 4.78 is 0. The zero-order valence-corrected chi connectivity index (χ0v) is 14.9. The Morgan fingerprint density at radius 3 is 2.46 bits per heavy atom. The predicted octanol–water partition coefficient (Wildman–Crippen LogP) is 3.54. The maximum absolute atomic E-state index is 12.5. The Morgan fingerprint density at radius 2 is 1.81 bits per heavy atom. The molecule has 1 aliphatic rings. The molecule has 0 aliphatic carbocycles. The van der Waals surface area contributed by atoms with Crippen LogP contribution in [0.25, 0.3) is 0 Å². The van der Waals surface area contributed by atoms with E-state index in [0.717, 1.165) is 32.5 Å². The number of amides is 1. The summed E-state index contributed by atoms with van der Waals surface area (Å²) in [7, 11) is 0. The number of piperidine rings is 1. The van der Waals surface area contributed by atoms with Crippen LogP contribution in [0.3, 0.4) is 0 Å². The Bertz CT molecular complexity index is 781. The summed E-state index contributed by atoms with van der Waals surface area (Å²) in [5.74, 6) is -1.03. The molecule has 1 saturated heterocycles. The second kappa shape index (κ2) is 8.15. The van der Waals surface area contributed by atoms with Gasteiger partial charge < -0.3 is 10.4 Å². The first kappa shape index (κ1) is 18.1. The number of nitrogens with one attached hydrogen (secondary N) is 1. The Labute approximate surface area is 153 Å². The molecule has 2 aromatic rings. The highest BCUT2D eigenvalue weighted by Crippen LogP contribution is 2.22. The number of aromatic carboxylic acids is 1. The fourth-order valence-electron chi connectivity index (χ4n) is 3.37. The Balaban J connectivity index is 1.54. The van der Waals surface area contributed by atoms with Crippen molar-refractivity contribution in [1.82, 2.24) is 4.90 Å². The minimum absolute atomic E-state index is 0.0236. The summed E-state index contributed by atoms with van der Waals surface area (Å²) in [4.78, 5) is 26.1. The van der Waals surface area contributed by atoms with E-state index in [1.165, 1.54) is 11.6 Å². The molecule has 3 rings (SSSR count). The number of carbonyl (C=O) groups excluding carboxylic acids is 1. The van der Waals surface area contributed by atoms with Crippen LogP contribution in [0.1, 0.15) is 34.3 Å². The summed E-state index contributed by atoms with van der Waals surface area (Å²) in [6.07, 6.45) is 1.63. The van der Waals surface area contributed by atoms with Gasteiger partial charge in [0.05, 0.1) is 5.56 Å². The zero-order valence-electron chi connectivity index (χ0n) is 14.9. The second-order valence-corrected chi connectivity index (χ2v) is 6.86. The van der Waals surface area contributed by atoms with Gasteiger partial charge in [-0.3, -0.25) is 9.69 Å². The Morgan fingerprint density at radius 1 is 1.12 bits per heavy atom. The van der Waals surface area contributed by atoms with Crippen LogP contribution >= 0.6 is 0 Å². The van der Waals surface area contributed by atoms with Crippen molar-refractivity contribution in [1.29, 1.82) is 0 Å². The maximum atomic E-state index is 12.5. The van der Waals surface area contributed by atoms with Crippen molar-refractivity contribution in [2.24, 2.45) is 5.92 Å². The number of hydrogen-bond donors (Lipinski definition) is 2. The molecule has 2 N–H and O–H groups in total. The van der Waals surface area contributed by atoms with Gasteiger partial charge in [-0.1, -0.05) is 36.4 Å². The van der Waals surface area contributed by atoms with Crippen molar-refractivity contribution >= 4 is 17.6 Å². The van der Waals surface area contributed by atoms with Gasteiger partial charge in [-0.15, -0.1) is 0 Å². The topological polar surface area (TPSA) is 69.6 Å². The number of hydrogen-bond acceptors (Lipinski definition) is 3. The molecular formula is C21H24N2O3. The number of benzene rings is 2. The third kappa shape index (κ3) is 4.49. The third-order valence-electron chi connectivity index (χ3n) is 4.94. The molecule has 1 fully saturated rings. The van der Waals surface area contributed by atoms with Crippen molar-refractivity contribution in [3.8, 4) is 0 Å². The van der Waals surface area contributed by atoms with Gasteiger partial charge >= 0.3 is 5.97 Å². The van der Waals surface area contributed by atoms with Gasteiger partial charge in [0.2, 0.25) is 5.91 Å². The highest BCUT2D eigenvalue weighted by atomic mass is 16.4. The summed E-state index contributed by atoms with van der Waals surface area (Å²) in [5.41, 5.74) is 2.74. The molecule has 136 valence electrons. The molecule has 1 heterocycles. The van der Waals surface area contributed by atoms with Crippen LogP contribution < -0.4 is 5.32 Å². The fraction of sp³-hybridized carbons (Fsp3) is 0.333. The molecule has 0 spiro atoms. The van der Waals surface area contributed by atoms with E-state index >= 15 is 0 Å². The zero-order chi connectivity index (χ0) is 18.5. The largest absolute Gasteiger partial charge is 0.478 e. The van der Waals surface area contributed by atoms with Crippen LogP contribution in [0.5, 0.6) is 0 Å². The number of carbonyl (C=O) groups is 2. The monoisotopic (exact) mass is 352 g/mol. The van der Waals surface area contributed by atoms with Crippen molar-refractivity contribution in [2.45, 2.75) is 26.3 Å². The van der Waals surface area contributed by atoms with Crippen molar-refractivity contribution in [2.75, 3.05) is 18.4 Å². The average molecular weight is 352 g/mol. The van der Waals surface area contributed by atoms with Crippen molar-refractivity contribution in [3.63, 3.8) is 0 Å². The minimum atomic E-state index is -0.979. The minimum Gasteiger partial charge on any atom is -0.478 e. The van der Waals surface area contributed by atoms with E-state index in [2.05, 4.69) is 22.3 Å². The molecule has 5 heteroatoms. The van der Waals surface area contributed by atoms with Crippen LogP contribution in [-0.4, -0.2) is 35.0 Å². The van der Waals surface area contributed by atoms with Crippen molar-refractivity contribution in [3.05, 3.63) is 65.2 Å². The quantitative estimate of drug-likeness (QED) is 0.863. The van der Waals surface area contributed by atoms with Gasteiger partial charge in [-0.05, 0) is 56.1 Å². The van der Waals surface area contributed by atoms with E-state index in [1.807, 2.05) is 18.2 Å². The highest BCUT2D eigenvalue weighted by molar-refractivity contribution is 5.95. The van der Waals surface area contributed by atoms with Gasteiger partial charge in [0, 0.05) is 18.2 Å². The molecule has 1 aliphatic heterocycles. The van der Waals surface area contributed by atoms with Gasteiger partial charge in [0.15, 0.2) is 0 Å². The van der Waals surface area contributed by atoms with E-state index in [9.17, 15) is 14.7 Å². The predicted molar refractivity (Wildman–Crippen MR) is 101 cm³/mol. The first-order valence-corrected chi connectivity index (χ1v) is 8.94. The molecule has 5 nitrogen and oxygen atoms in total. The summed E-state index contributed by atoms with van der Waals surface area (Å²) in [6.45, 7) is 4.44. The molecule has 0 radical (unpaired) electrons. The molecule has 0 atom stereocenters. The number of anilines is 1. The summed E-state index contributed by atoms with van der Waals surface area (Å²) in [6, 6.07) is 15.4. The summed E-state index contributed by atoms with van der Waals surface area (Å²) in [5, 5.41) is 12.1. The SMILES string of the molecule is Cc1ccc(NC(=O)C2CCN(Cc3ccccc3)CC2)cc1C(=O)O. The van der Waals surface area contributed by atoms with E-state index in [4.69, 9.17) is 0 Å². The van der Waals surface area contributed by atoms with Gasteiger partial charge in [0.25, 0.3) is 0 Å². The fourth-order valence-corrected chi connectivity index (χ4v) is 3.37. The number of likely N-dealkylation sites (tertiary alicyclic amines) is 1. The smallest absolute Gasteiger partial charge is 0.336 e. The molecule has 0 saturated carbocycles. The normalized spacial score (nSPS) is 15.6. The van der Waals surface area contributed by atoms with Crippen molar-refractivity contribution < 1.29 is 14.7 Å². The van der Waals surface area contributed by atoms with Crippen LogP contribution in [0.2, 0.25) is 0 Å². The molecule has 26 heavy (non-hydrogen) atoms. The lowest BCUT2D eigenvalue weighted by atomic mass is 9.95. The van der Waals surface area contributed by atoms with Gasteiger partial charge in [-0.25, -0.2) is 4.79 Å². The molecule has 1 amide bonds.